The van der Waals surface area contributed by atoms with Crippen molar-refractivity contribution in [1.29, 1.82) is 5.26 Å². The Kier molecular flexibility index (Phi) is 9.62. The zero-order chi connectivity index (χ0) is 42.5. The molecule has 318 valence electrons. The van der Waals surface area contributed by atoms with E-state index in [4.69, 9.17) is 33.3 Å². The number of hydrogen-bond donors (Lipinski definition) is 1. The molecule has 2 aromatic carbocycles. The van der Waals surface area contributed by atoms with Gasteiger partial charge in [0.2, 0.25) is 5.88 Å². The normalized spacial score (nSPS) is 23.9. The molecule has 4 saturated heterocycles. The summed E-state index contributed by atoms with van der Waals surface area (Å²) in [7, 11) is 0. The number of rotatable bonds is 6. The third-order valence-corrected chi connectivity index (χ3v) is 12.2. The van der Waals surface area contributed by atoms with Crippen molar-refractivity contribution in [2.24, 2.45) is 0 Å². The van der Waals surface area contributed by atoms with Crippen molar-refractivity contribution < 1.29 is 46.1 Å². The predicted octanol–water partition coefficient (Wildman–Crippen LogP) is 8.11. The van der Waals surface area contributed by atoms with Crippen LogP contribution in [0.2, 0.25) is 0 Å². The van der Waals surface area contributed by atoms with Crippen molar-refractivity contribution in [2.75, 3.05) is 43.0 Å². The van der Waals surface area contributed by atoms with Gasteiger partial charge in [-0.15, -0.1) is 0 Å². The van der Waals surface area contributed by atoms with E-state index >= 15 is 8.78 Å². The molecule has 2 amide bonds. The number of carbonyl (C=O) groups is 2. The van der Waals surface area contributed by atoms with Gasteiger partial charge in [0.15, 0.2) is 17.2 Å². The Hall–Kier alpha value is -5.34. The molecule has 4 aromatic rings. The second-order valence-electron chi connectivity index (χ2n) is 18.6. The van der Waals surface area contributed by atoms with Crippen LogP contribution in [0.3, 0.4) is 0 Å². The Labute approximate surface area is 344 Å². The van der Waals surface area contributed by atoms with Crippen molar-refractivity contribution in [3.63, 3.8) is 0 Å². The first kappa shape index (κ1) is 40.1. The Morgan fingerprint density at radius 1 is 1.00 bits per heavy atom. The lowest BCUT2D eigenvalue weighted by Gasteiger charge is -2.42. The molecule has 17 heteroatoms. The summed E-state index contributed by atoms with van der Waals surface area (Å²) in [6.45, 7) is 12.4. The number of carbonyl (C=O) groups excluding carboxylic acids is 2. The highest BCUT2D eigenvalue weighted by molar-refractivity contribution is 6.07. The number of likely N-dealkylation sites (tertiary alicyclic amines) is 1. The van der Waals surface area contributed by atoms with Crippen LogP contribution in [-0.2, 0) is 27.4 Å². The molecule has 2 unspecified atom stereocenters. The number of aromatic nitrogens is 2. The average molecular weight is 832 g/mol. The quantitative estimate of drug-likeness (QED) is 0.200. The van der Waals surface area contributed by atoms with Crippen molar-refractivity contribution in [2.45, 2.75) is 122 Å². The van der Waals surface area contributed by atoms with Gasteiger partial charge in [-0.3, -0.25) is 10.2 Å². The maximum Gasteiger partial charge on any atom is 0.414 e. The molecule has 0 aliphatic carbocycles. The number of alkyl halides is 1. The second kappa shape index (κ2) is 14.4. The molecule has 0 radical (unpaired) electrons. The lowest BCUT2D eigenvalue weighted by Crippen LogP contribution is -2.56. The molecule has 14 nitrogen and oxygen atoms in total. The molecule has 2 bridgehead atoms. The first-order chi connectivity index (χ1) is 28.4. The first-order valence-corrected chi connectivity index (χ1v) is 20.5. The van der Waals surface area contributed by atoms with Crippen LogP contribution in [0.4, 0.5) is 34.5 Å². The molecule has 60 heavy (non-hydrogen) atoms. The second-order valence-corrected chi connectivity index (χ2v) is 18.6. The summed E-state index contributed by atoms with van der Waals surface area (Å²) in [5, 5.41) is 13.2. The fourth-order valence-electron chi connectivity index (χ4n) is 9.87. The summed E-state index contributed by atoms with van der Waals surface area (Å²) >= 11 is 0. The number of benzene rings is 2. The number of fused-ring (bicyclic) bond motifs is 7. The smallest absolute Gasteiger partial charge is 0.414 e. The van der Waals surface area contributed by atoms with E-state index in [9.17, 15) is 19.2 Å². The predicted molar refractivity (Wildman–Crippen MR) is 213 cm³/mol. The largest absolute Gasteiger partial charge is 0.461 e. The minimum absolute atomic E-state index is 0.0150. The fraction of sp³-hybridized carbons (Fsp3) is 0.558. The highest BCUT2D eigenvalue weighted by Gasteiger charge is 2.50. The Morgan fingerprint density at radius 3 is 2.42 bits per heavy atom. The minimum Gasteiger partial charge on any atom is -0.461 e. The van der Waals surface area contributed by atoms with Crippen molar-refractivity contribution in [1.82, 2.24) is 19.8 Å². The SMILES string of the molecule is CC(C)(C)OC(=O)Nc1oc2c(F)ccc(-c3c4c(c5c(N6C7CCC6CN(C(=O)OC(C)(C)C)C7)nc(OC[C@@]67CCCN6C[C@H](F)C7)nc5c3F)COC4)c2c1C#N. The molecule has 5 aliphatic rings. The van der Waals surface area contributed by atoms with Crippen LogP contribution < -0.4 is 15.0 Å². The summed E-state index contributed by atoms with van der Waals surface area (Å²) in [5.41, 5.74) is -1.56. The third-order valence-electron chi connectivity index (χ3n) is 12.2. The van der Waals surface area contributed by atoms with E-state index in [-0.39, 0.29) is 77.0 Å². The molecule has 7 heterocycles. The molecule has 0 spiro atoms. The highest BCUT2D eigenvalue weighted by atomic mass is 19.1. The Balaban J connectivity index is 1.20. The lowest BCUT2D eigenvalue weighted by molar-refractivity contribution is 0.0209. The number of halogens is 3. The van der Waals surface area contributed by atoms with Gasteiger partial charge in [-0.2, -0.15) is 15.2 Å². The Morgan fingerprint density at radius 2 is 1.72 bits per heavy atom. The van der Waals surface area contributed by atoms with E-state index in [1.54, 1.807) is 25.7 Å². The maximum atomic E-state index is 17.9. The van der Waals surface area contributed by atoms with Crippen molar-refractivity contribution in [3.05, 3.63) is 40.5 Å². The lowest BCUT2D eigenvalue weighted by atomic mass is 9.90. The third kappa shape index (κ3) is 6.91. The van der Waals surface area contributed by atoms with Crippen molar-refractivity contribution >= 4 is 45.8 Å². The molecule has 1 N–H and O–H groups in total. The fourth-order valence-corrected chi connectivity index (χ4v) is 9.87. The van der Waals surface area contributed by atoms with Crippen LogP contribution >= 0.6 is 0 Å². The number of hydrogen-bond acceptors (Lipinski definition) is 12. The molecule has 4 fully saturated rings. The first-order valence-electron chi connectivity index (χ1n) is 20.5. The van der Waals surface area contributed by atoms with Crippen LogP contribution in [-0.4, -0.2) is 99.7 Å². The van der Waals surface area contributed by atoms with E-state index in [0.717, 1.165) is 38.3 Å². The van der Waals surface area contributed by atoms with E-state index in [2.05, 4.69) is 15.1 Å². The van der Waals surface area contributed by atoms with Crippen LogP contribution in [0.15, 0.2) is 16.5 Å². The van der Waals surface area contributed by atoms with Gasteiger partial charge in [0.25, 0.3) is 0 Å². The van der Waals surface area contributed by atoms with Gasteiger partial charge in [0.1, 0.15) is 46.9 Å². The number of ether oxygens (including phenoxy) is 4. The maximum absolute atomic E-state index is 17.9. The number of nitrogens with one attached hydrogen (secondary N) is 1. The van der Waals surface area contributed by atoms with Gasteiger partial charge < -0.3 is 33.2 Å². The van der Waals surface area contributed by atoms with Gasteiger partial charge >= 0.3 is 18.2 Å². The minimum atomic E-state index is -0.991. The van der Waals surface area contributed by atoms with Gasteiger partial charge in [-0.05, 0) is 96.5 Å². The van der Waals surface area contributed by atoms with Gasteiger partial charge in [0, 0.05) is 43.7 Å². The molecule has 0 saturated carbocycles. The number of furan rings is 1. The summed E-state index contributed by atoms with van der Waals surface area (Å²) in [6.07, 6.45) is 1.11. The standard InChI is InChI=1S/C43H48F3N7O7/c1-41(2,3)59-39(54)50-37-26(15-47)31-25(10-11-29(45)35(31)58-37)30-27-19-56-20-28(27)32-34(33(30)46)48-38(57-21-43-12-7-13-52(43)16-22(44)14-43)49-36(32)53-23-8-9-24(53)18-51(17-23)40(55)60-42(4,5)6/h10-11,22-24H,7-9,12-14,16-21H2,1-6H3,(H,50,54)/t22-,23?,24?,43+/m1/s1. The van der Waals surface area contributed by atoms with Crippen LogP contribution in [0, 0.1) is 23.0 Å². The molecular formula is C43H48F3N7O7. The van der Waals surface area contributed by atoms with Gasteiger partial charge in [0.05, 0.1) is 29.5 Å². The number of amides is 2. The van der Waals surface area contributed by atoms with E-state index in [1.165, 1.54) is 6.07 Å². The monoisotopic (exact) mass is 831 g/mol. The molecule has 9 rings (SSSR count). The summed E-state index contributed by atoms with van der Waals surface area (Å²) < 4.78 is 77.5. The summed E-state index contributed by atoms with van der Waals surface area (Å²) in [6, 6.07) is 4.02. The van der Waals surface area contributed by atoms with E-state index < -0.39 is 46.7 Å². The molecule has 4 atom stereocenters. The molecular weight excluding hydrogens is 784 g/mol. The number of nitrogens with zero attached hydrogens (tertiary/aromatic N) is 6. The van der Waals surface area contributed by atoms with Crippen LogP contribution in [0.25, 0.3) is 33.0 Å². The van der Waals surface area contributed by atoms with Crippen molar-refractivity contribution in [3.8, 4) is 23.2 Å². The van der Waals surface area contributed by atoms with Gasteiger partial charge in [-0.25, -0.2) is 22.8 Å². The topological polar surface area (TPSA) is 156 Å². The number of anilines is 2. The summed E-state index contributed by atoms with van der Waals surface area (Å²) in [4.78, 5) is 41.8. The van der Waals surface area contributed by atoms with Crippen LogP contribution in [0.1, 0.15) is 90.3 Å². The van der Waals surface area contributed by atoms with E-state index in [1.807, 2.05) is 26.8 Å². The molecule has 5 aliphatic heterocycles. The Bertz CT molecular complexity index is 2460. The zero-order valence-electron chi connectivity index (χ0n) is 34.5. The molecule has 2 aromatic heterocycles. The average Bonchev–Trinajstić information content (AvgIpc) is 3.98. The van der Waals surface area contributed by atoms with Gasteiger partial charge in [-0.1, -0.05) is 6.07 Å². The zero-order valence-corrected chi connectivity index (χ0v) is 34.5. The highest BCUT2D eigenvalue weighted by Crippen LogP contribution is 2.49. The number of nitriles is 1. The van der Waals surface area contributed by atoms with E-state index in [0.29, 0.717) is 48.4 Å². The summed E-state index contributed by atoms with van der Waals surface area (Å²) in [5.74, 6) is -1.54. The van der Waals surface area contributed by atoms with Crippen LogP contribution in [0.5, 0.6) is 6.01 Å². The number of piperazine rings is 1.